The van der Waals surface area contributed by atoms with Crippen molar-refractivity contribution in [2.45, 2.75) is 0 Å². The fraction of sp³-hybridized carbons (Fsp3) is 0.333. The molecule has 0 saturated heterocycles. The Balaban J connectivity index is -0.0000000590. The van der Waals surface area contributed by atoms with Gasteiger partial charge in [0.25, 0.3) is 0 Å². The number of nitrogens with two attached hydrogens (primary N) is 1. The van der Waals surface area contributed by atoms with Crippen LogP contribution in [0.1, 0.15) is 0 Å². The van der Waals surface area contributed by atoms with Gasteiger partial charge in [0, 0.05) is 6.54 Å². The molecule has 0 radical (unpaired) electrons. The Morgan fingerprint density at radius 3 is 1.07 bits per heavy atom. The molecule has 0 unspecified atom stereocenters. The molecule has 0 saturated carbocycles. The lowest BCUT2D eigenvalue weighted by Gasteiger charge is -1.68. The van der Waals surface area contributed by atoms with E-state index in [1.54, 1.807) is 6.08 Å². The molecular formula is C3H14N2O8S2. The van der Waals surface area contributed by atoms with Crippen molar-refractivity contribution in [3.63, 3.8) is 0 Å². The Hall–Kier alpha value is -0.600. The largest absolute Gasteiger partial charge is 0.394 e. The van der Waals surface area contributed by atoms with Gasteiger partial charge in [0.15, 0.2) is 0 Å². The van der Waals surface area contributed by atoms with Gasteiger partial charge in [0.1, 0.15) is 0 Å². The van der Waals surface area contributed by atoms with E-state index in [1.807, 2.05) is 0 Å². The summed E-state index contributed by atoms with van der Waals surface area (Å²) in [6.07, 6.45) is 1.65. The molecule has 15 heavy (non-hydrogen) atoms. The van der Waals surface area contributed by atoms with Gasteiger partial charge in [0.05, 0.1) is 0 Å². The van der Waals surface area contributed by atoms with Crippen molar-refractivity contribution < 1.29 is 35.0 Å². The smallest absolute Gasteiger partial charge is 0.344 e. The third-order valence-corrected chi connectivity index (χ3v) is 0.167. The quantitative estimate of drug-likeness (QED) is 0.252. The second-order valence-corrected chi connectivity index (χ2v) is 3.21. The third-order valence-electron chi connectivity index (χ3n) is 0.167. The van der Waals surface area contributed by atoms with E-state index in [0.29, 0.717) is 6.54 Å². The summed E-state index contributed by atoms with van der Waals surface area (Å²) >= 11 is 0. The molecule has 0 bridgehead atoms. The zero-order valence-electron chi connectivity index (χ0n) is 7.51. The van der Waals surface area contributed by atoms with E-state index in [0.717, 1.165) is 0 Å². The summed E-state index contributed by atoms with van der Waals surface area (Å²) in [5.74, 6) is 0. The zero-order chi connectivity index (χ0) is 12.4. The lowest BCUT2D eigenvalue weighted by Crippen LogP contribution is -1.90. The second kappa shape index (κ2) is 11.5. The Morgan fingerprint density at radius 1 is 1.00 bits per heavy atom. The molecule has 0 heterocycles. The van der Waals surface area contributed by atoms with Crippen LogP contribution >= 0.6 is 0 Å². The normalized spacial score (nSPS) is 9.40. The van der Waals surface area contributed by atoms with Crippen molar-refractivity contribution in [1.29, 1.82) is 0 Å². The molecule has 0 amide bonds. The summed E-state index contributed by atoms with van der Waals surface area (Å²) in [6, 6.07) is 0. The van der Waals surface area contributed by atoms with E-state index in [2.05, 4.69) is 6.58 Å². The van der Waals surface area contributed by atoms with Crippen LogP contribution in [0.3, 0.4) is 0 Å². The maximum absolute atomic E-state index is 8.74. The van der Waals surface area contributed by atoms with E-state index in [9.17, 15) is 0 Å². The summed E-state index contributed by atoms with van der Waals surface area (Å²) in [7, 11) is -9.33. The van der Waals surface area contributed by atoms with Gasteiger partial charge >= 0.3 is 20.8 Å². The fourth-order valence-corrected chi connectivity index (χ4v) is 0. The van der Waals surface area contributed by atoms with E-state index < -0.39 is 20.8 Å². The average Bonchev–Trinajstić information content (AvgIpc) is 1.79. The van der Waals surface area contributed by atoms with E-state index in [1.165, 1.54) is 0 Å². The van der Waals surface area contributed by atoms with Crippen LogP contribution in [0.25, 0.3) is 0 Å². The van der Waals surface area contributed by atoms with Gasteiger partial charge in [-0.05, 0) is 0 Å². The van der Waals surface area contributed by atoms with Crippen molar-refractivity contribution in [3.05, 3.63) is 12.7 Å². The van der Waals surface area contributed by atoms with Gasteiger partial charge in [-0.2, -0.15) is 16.8 Å². The molecule has 0 fully saturated rings. The van der Waals surface area contributed by atoms with Gasteiger partial charge in [-0.15, -0.1) is 6.58 Å². The third kappa shape index (κ3) is 10900. The van der Waals surface area contributed by atoms with Crippen LogP contribution in [-0.4, -0.2) is 41.6 Å². The highest BCUT2D eigenvalue weighted by Gasteiger charge is 1.85. The molecule has 10 nitrogen and oxygen atoms in total. The minimum atomic E-state index is -4.67. The molecule has 0 rings (SSSR count). The molecule has 9 N–H and O–H groups in total. The van der Waals surface area contributed by atoms with Crippen LogP contribution in [-0.2, 0) is 20.8 Å². The number of hydrogen-bond donors (Lipinski definition) is 6. The molecule has 0 aromatic rings. The first kappa shape index (κ1) is 23.9. The highest BCUT2D eigenvalue weighted by atomic mass is 32.3. The molecule has 0 aliphatic rings. The Labute approximate surface area is 87.5 Å². The van der Waals surface area contributed by atoms with E-state index >= 15 is 0 Å². The van der Waals surface area contributed by atoms with E-state index in [4.69, 9.17) is 40.8 Å². The van der Waals surface area contributed by atoms with Crippen molar-refractivity contribution in [2.75, 3.05) is 6.54 Å². The molecule has 0 aromatic carbocycles. The Kier molecular flexibility index (Phi) is 18.3. The van der Waals surface area contributed by atoms with Crippen LogP contribution in [0.5, 0.6) is 0 Å². The van der Waals surface area contributed by atoms with Gasteiger partial charge in [-0.3, -0.25) is 18.2 Å². The maximum atomic E-state index is 8.74. The highest BCUT2D eigenvalue weighted by molar-refractivity contribution is 7.80. The summed E-state index contributed by atoms with van der Waals surface area (Å²) in [6.45, 7) is 3.94. The van der Waals surface area contributed by atoms with Crippen LogP contribution in [0, 0.1) is 0 Å². The fourth-order valence-electron chi connectivity index (χ4n) is 0. The molecule has 96 valence electrons. The Morgan fingerprint density at radius 2 is 1.07 bits per heavy atom. The molecular weight excluding hydrogens is 256 g/mol. The highest BCUT2D eigenvalue weighted by Crippen LogP contribution is 1.59. The SMILES string of the molecule is C=CCN.N.O=S(=O)(O)O.O=S(=O)(O)O. The van der Waals surface area contributed by atoms with Crippen LogP contribution < -0.4 is 11.9 Å². The summed E-state index contributed by atoms with van der Waals surface area (Å²) in [4.78, 5) is 0. The first-order chi connectivity index (χ1) is 5.91. The molecule has 0 aliphatic carbocycles. The van der Waals surface area contributed by atoms with Gasteiger partial charge in [0.2, 0.25) is 0 Å². The standard InChI is InChI=1S/C3H7N.H3N.2H2O4S/c1-2-3-4;;2*1-5(2,3)4/h2H,1,3-4H2;1H3;2*(H2,1,2,3,4). The maximum Gasteiger partial charge on any atom is 0.394 e. The summed E-state index contributed by atoms with van der Waals surface area (Å²) in [5.41, 5.74) is 4.91. The van der Waals surface area contributed by atoms with Crippen molar-refractivity contribution >= 4 is 20.8 Å². The number of hydrogen-bond acceptors (Lipinski definition) is 6. The first-order valence-electron chi connectivity index (χ1n) is 2.62. The molecule has 0 spiro atoms. The molecule has 0 atom stereocenters. The van der Waals surface area contributed by atoms with Crippen molar-refractivity contribution in [3.8, 4) is 0 Å². The summed E-state index contributed by atoms with van der Waals surface area (Å²) in [5, 5.41) is 0. The topological polar surface area (TPSA) is 210 Å². The second-order valence-electron chi connectivity index (χ2n) is 1.42. The monoisotopic (exact) mass is 270 g/mol. The molecule has 0 aliphatic heterocycles. The minimum Gasteiger partial charge on any atom is -0.344 e. The van der Waals surface area contributed by atoms with Gasteiger partial charge in [-0.1, -0.05) is 6.08 Å². The van der Waals surface area contributed by atoms with Crippen LogP contribution in [0.4, 0.5) is 0 Å². The predicted octanol–water partition coefficient (Wildman–Crippen LogP) is -1.01. The lowest BCUT2D eigenvalue weighted by atomic mass is 10.7. The number of rotatable bonds is 1. The van der Waals surface area contributed by atoms with Crippen LogP contribution in [0.15, 0.2) is 12.7 Å². The summed E-state index contributed by atoms with van der Waals surface area (Å²) < 4.78 is 63.2. The van der Waals surface area contributed by atoms with E-state index in [-0.39, 0.29) is 6.15 Å². The average molecular weight is 270 g/mol. The predicted molar refractivity (Wildman–Crippen MR) is 52.6 cm³/mol. The van der Waals surface area contributed by atoms with Crippen LogP contribution in [0.2, 0.25) is 0 Å². The molecule has 0 aromatic heterocycles. The zero-order valence-corrected chi connectivity index (χ0v) is 9.15. The van der Waals surface area contributed by atoms with Crippen molar-refractivity contribution in [2.24, 2.45) is 5.73 Å². The van der Waals surface area contributed by atoms with Gasteiger partial charge in [-0.25, -0.2) is 0 Å². The van der Waals surface area contributed by atoms with Crippen molar-refractivity contribution in [1.82, 2.24) is 6.15 Å². The minimum absolute atomic E-state index is 0. The Bertz CT molecular complexity index is 272. The first-order valence-corrected chi connectivity index (χ1v) is 5.42. The lowest BCUT2D eigenvalue weighted by molar-refractivity contribution is 0.378. The van der Waals surface area contributed by atoms with Gasteiger partial charge < -0.3 is 11.9 Å². The molecule has 12 heteroatoms.